The molecule has 1 fully saturated rings. The maximum atomic E-state index is 12.1. The Morgan fingerprint density at radius 1 is 1.24 bits per heavy atom. The second-order valence-corrected chi connectivity index (χ2v) is 7.05. The molecule has 2 bridgehead atoms. The minimum Gasteiger partial charge on any atom is -0.458 e. The summed E-state index contributed by atoms with van der Waals surface area (Å²) in [5.41, 5.74) is 1.70. The van der Waals surface area contributed by atoms with Gasteiger partial charge in [0.15, 0.2) is 0 Å². The van der Waals surface area contributed by atoms with Gasteiger partial charge in [-0.2, -0.15) is 0 Å². The van der Waals surface area contributed by atoms with Gasteiger partial charge in [-0.25, -0.2) is 9.59 Å². The van der Waals surface area contributed by atoms with Crippen molar-refractivity contribution in [1.29, 1.82) is 0 Å². The normalized spacial score (nSPS) is 36.4. The highest BCUT2D eigenvalue weighted by atomic mass is 16.6. The van der Waals surface area contributed by atoms with Crippen LogP contribution in [0.4, 0.5) is 0 Å². The molecule has 2 aliphatic heterocycles. The molecule has 0 radical (unpaired) electrons. The molecule has 134 valence electrons. The molecule has 0 aromatic heterocycles. The largest absolute Gasteiger partial charge is 0.458 e. The average molecular weight is 346 g/mol. The summed E-state index contributed by atoms with van der Waals surface area (Å²) in [4.78, 5) is 36.3. The van der Waals surface area contributed by atoms with Gasteiger partial charge in [-0.1, -0.05) is 19.1 Å². The van der Waals surface area contributed by atoms with Gasteiger partial charge in [-0.3, -0.25) is 4.79 Å². The van der Waals surface area contributed by atoms with Crippen LogP contribution < -0.4 is 0 Å². The van der Waals surface area contributed by atoms with Gasteiger partial charge in [0.25, 0.3) is 0 Å². The summed E-state index contributed by atoms with van der Waals surface area (Å²) < 4.78 is 16.5. The molecular formula is C19H22O6. The van der Waals surface area contributed by atoms with Gasteiger partial charge in [-0.05, 0) is 26.0 Å². The fraction of sp³-hybridized carbons (Fsp3) is 0.526. The number of fused-ring (bicyclic) bond motifs is 2. The van der Waals surface area contributed by atoms with E-state index in [9.17, 15) is 14.4 Å². The Kier molecular flexibility index (Phi) is 4.54. The summed E-state index contributed by atoms with van der Waals surface area (Å²) in [6.07, 6.45) is 2.92. The molecule has 1 aliphatic carbocycles. The summed E-state index contributed by atoms with van der Waals surface area (Å²) in [5.74, 6) is -2.07. The van der Waals surface area contributed by atoms with Crippen LogP contribution in [0.15, 0.2) is 35.5 Å². The molecule has 6 heteroatoms. The molecule has 6 nitrogen and oxygen atoms in total. The molecule has 0 N–H and O–H groups in total. The number of esters is 3. The maximum Gasteiger partial charge on any atom is 0.334 e. The van der Waals surface area contributed by atoms with Gasteiger partial charge in [0.1, 0.15) is 18.3 Å². The minimum absolute atomic E-state index is 0.198. The van der Waals surface area contributed by atoms with Gasteiger partial charge in [0, 0.05) is 24.0 Å². The highest BCUT2D eigenvalue weighted by molar-refractivity contribution is 5.91. The molecule has 2 heterocycles. The molecule has 1 unspecified atom stereocenters. The predicted octanol–water partition coefficient (Wildman–Crippen LogP) is 2.24. The number of hydrogen-bond donors (Lipinski definition) is 0. The first-order valence-electron chi connectivity index (χ1n) is 8.42. The minimum atomic E-state index is -0.671. The molecule has 0 aromatic rings. The van der Waals surface area contributed by atoms with Gasteiger partial charge in [-0.15, -0.1) is 0 Å². The molecule has 0 spiro atoms. The second kappa shape index (κ2) is 6.50. The van der Waals surface area contributed by atoms with Crippen molar-refractivity contribution in [3.8, 4) is 0 Å². The van der Waals surface area contributed by atoms with Gasteiger partial charge in [0.2, 0.25) is 0 Å². The van der Waals surface area contributed by atoms with Crippen molar-refractivity contribution < 1.29 is 28.6 Å². The van der Waals surface area contributed by atoms with E-state index in [1.165, 1.54) is 0 Å². The standard InChI is InChI=1S/C19H22O6/c1-9(2)17(20)24-15-8-12-7-13(23-19(12)22)5-10(3)6-14-16(15)11(4)18(21)25-14/h6-7,11,13-16H,1,5,8H2,2-4H3/b10-6+/t11-,13+,14+,15-,16?/m0/s1. The smallest absolute Gasteiger partial charge is 0.334 e. The number of carbonyl (C=O) groups excluding carboxylic acids is 3. The van der Waals surface area contributed by atoms with Crippen molar-refractivity contribution in [3.05, 3.63) is 35.5 Å². The zero-order valence-electron chi connectivity index (χ0n) is 14.6. The van der Waals surface area contributed by atoms with E-state index in [4.69, 9.17) is 14.2 Å². The zero-order valence-corrected chi connectivity index (χ0v) is 14.6. The van der Waals surface area contributed by atoms with Crippen LogP contribution in [0.25, 0.3) is 0 Å². The van der Waals surface area contributed by atoms with Crippen LogP contribution >= 0.6 is 0 Å². The van der Waals surface area contributed by atoms with E-state index in [0.717, 1.165) is 5.57 Å². The van der Waals surface area contributed by atoms with Crippen molar-refractivity contribution in [2.75, 3.05) is 0 Å². The fourth-order valence-corrected chi connectivity index (χ4v) is 3.61. The third-order valence-electron chi connectivity index (χ3n) is 4.92. The highest BCUT2D eigenvalue weighted by Crippen LogP contribution is 2.38. The predicted molar refractivity (Wildman–Crippen MR) is 88.2 cm³/mol. The van der Waals surface area contributed by atoms with Crippen LogP contribution in [0.1, 0.15) is 33.6 Å². The Morgan fingerprint density at radius 2 is 1.96 bits per heavy atom. The lowest BCUT2D eigenvalue weighted by molar-refractivity contribution is -0.149. The lowest BCUT2D eigenvalue weighted by Crippen LogP contribution is -2.36. The SMILES string of the molecule is C=C(C)C(=O)O[C@H]1CC2=C[C@@H](C/C(C)=C/[C@H]3OC(=O)[C@@H](C)C13)OC2=O. The molecule has 0 amide bonds. The molecular weight excluding hydrogens is 324 g/mol. The first-order chi connectivity index (χ1) is 11.8. The highest BCUT2D eigenvalue weighted by Gasteiger charge is 2.48. The Labute approximate surface area is 146 Å². The summed E-state index contributed by atoms with van der Waals surface area (Å²) in [6.45, 7) is 8.82. The molecule has 5 atom stereocenters. The van der Waals surface area contributed by atoms with Gasteiger partial charge >= 0.3 is 17.9 Å². The Balaban J connectivity index is 1.99. The van der Waals surface area contributed by atoms with Crippen molar-refractivity contribution in [2.24, 2.45) is 11.8 Å². The number of hydrogen-bond acceptors (Lipinski definition) is 6. The van der Waals surface area contributed by atoms with E-state index in [1.54, 1.807) is 19.9 Å². The number of ether oxygens (including phenoxy) is 3. The van der Waals surface area contributed by atoms with Crippen molar-refractivity contribution in [1.82, 2.24) is 0 Å². The number of carbonyl (C=O) groups is 3. The van der Waals surface area contributed by atoms with Crippen LogP contribution in [0.3, 0.4) is 0 Å². The monoisotopic (exact) mass is 346 g/mol. The van der Waals surface area contributed by atoms with Gasteiger partial charge < -0.3 is 14.2 Å². The molecule has 0 saturated carbocycles. The van der Waals surface area contributed by atoms with E-state index in [2.05, 4.69) is 6.58 Å². The van der Waals surface area contributed by atoms with E-state index in [1.807, 2.05) is 13.0 Å². The van der Waals surface area contributed by atoms with Crippen LogP contribution in [-0.4, -0.2) is 36.2 Å². The second-order valence-electron chi connectivity index (χ2n) is 7.05. The topological polar surface area (TPSA) is 78.9 Å². The van der Waals surface area contributed by atoms with Crippen molar-refractivity contribution >= 4 is 17.9 Å². The van der Waals surface area contributed by atoms with E-state index in [-0.39, 0.29) is 30.0 Å². The summed E-state index contributed by atoms with van der Waals surface area (Å²) in [6, 6.07) is 0. The molecule has 1 saturated heterocycles. The first-order valence-corrected chi connectivity index (χ1v) is 8.42. The third-order valence-corrected chi connectivity index (χ3v) is 4.92. The zero-order chi connectivity index (χ0) is 18.3. The van der Waals surface area contributed by atoms with Crippen LogP contribution in [0.2, 0.25) is 0 Å². The van der Waals surface area contributed by atoms with Crippen LogP contribution in [-0.2, 0) is 28.6 Å². The molecule has 3 aliphatic rings. The van der Waals surface area contributed by atoms with E-state index >= 15 is 0 Å². The molecule has 25 heavy (non-hydrogen) atoms. The number of rotatable bonds is 2. The summed E-state index contributed by atoms with van der Waals surface area (Å²) >= 11 is 0. The van der Waals surface area contributed by atoms with E-state index < -0.39 is 30.1 Å². The molecule has 0 aromatic carbocycles. The average Bonchev–Trinajstić information content (AvgIpc) is 2.98. The Morgan fingerprint density at radius 3 is 2.64 bits per heavy atom. The summed E-state index contributed by atoms with van der Waals surface area (Å²) in [5, 5.41) is 0. The quantitative estimate of drug-likeness (QED) is 0.330. The summed E-state index contributed by atoms with van der Waals surface area (Å²) in [7, 11) is 0. The maximum absolute atomic E-state index is 12.1. The third kappa shape index (κ3) is 3.38. The van der Waals surface area contributed by atoms with Crippen LogP contribution in [0, 0.1) is 11.8 Å². The van der Waals surface area contributed by atoms with Crippen molar-refractivity contribution in [2.45, 2.75) is 51.9 Å². The van der Waals surface area contributed by atoms with E-state index in [0.29, 0.717) is 12.0 Å². The first kappa shape index (κ1) is 17.5. The lowest BCUT2D eigenvalue weighted by Gasteiger charge is -2.28. The molecule has 3 rings (SSSR count). The Hall–Kier alpha value is -2.37. The van der Waals surface area contributed by atoms with Gasteiger partial charge in [0.05, 0.1) is 11.8 Å². The Bertz CT molecular complexity index is 701. The van der Waals surface area contributed by atoms with Crippen molar-refractivity contribution in [3.63, 3.8) is 0 Å². The van der Waals surface area contributed by atoms with Crippen LogP contribution in [0.5, 0.6) is 0 Å². The lowest BCUT2D eigenvalue weighted by atomic mass is 9.82. The fourth-order valence-electron chi connectivity index (χ4n) is 3.61.